The van der Waals surface area contributed by atoms with Crippen LogP contribution >= 0.6 is 11.8 Å². The molecule has 0 aliphatic carbocycles. The Morgan fingerprint density at radius 2 is 1.52 bits per heavy atom. The fraction of sp³-hybridized carbons (Fsp3) is 0.0909. The van der Waals surface area contributed by atoms with Gasteiger partial charge in [0.15, 0.2) is 0 Å². The SMILES string of the molecule is Cc1ccc(C(=O)Nc2cccc(SCC(=O)Nc3ccccc3)c2)cc1. The second-order valence-corrected chi connectivity index (χ2v) is 7.10. The third kappa shape index (κ3) is 5.72. The maximum atomic E-state index is 12.3. The molecule has 5 heteroatoms. The Kier molecular flexibility index (Phi) is 6.28. The molecule has 0 saturated carbocycles. The minimum absolute atomic E-state index is 0.0692. The molecular weight excluding hydrogens is 356 g/mol. The highest BCUT2D eigenvalue weighted by atomic mass is 32.2. The molecule has 0 atom stereocenters. The molecular formula is C22H20N2O2S. The van der Waals surface area contributed by atoms with Crippen LogP contribution in [0.5, 0.6) is 0 Å². The van der Waals surface area contributed by atoms with E-state index in [0.29, 0.717) is 17.0 Å². The van der Waals surface area contributed by atoms with Gasteiger partial charge in [-0.1, -0.05) is 42.0 Å². The Morgan fingerprint density at radius 3 is 2.26 bits per heavy atom. The van der Waals surface area contributed by atoms with Gasteiger partial charge in [-0.25, -0.2) is 0 Å². The standard InChI is InChI=1S/C22H20N2O2S/c1-16-10-12-17(13-11-16)22(26)24-19-8-5-9-20(14-19)27-15-21(25)23-18-6-3-2-4-7-18/h2-14H,15H2,1H3,(H,23,25)(H,24,26). The summed E-state index contributed by atoms with van der Waals surface area (Å²) in [7, 11) is 0. The average molecular weight is 376 g/mol. The summed E-state index contributed by atoms with van der Waals surface area (Å²) in [6.07, 6.45) is 0. The maximum absolute atomic E-state index is 12.3. The second kappa shape index (κ2) is 9.05. The highest BCUT2D eigenvalue weighted by molar-refractivity contribution is 8.00. The van der Waals surface area contributed by atoms with Crippen molar-refractivity contribution < 1.29 is 9.59 Å². The number of benzene rings is 3. The lowest BCUT2D eigenvalue weighted by Crippen LogP contribution is -2.14. The van der Waals surface area contributed by atoms with Crippen LogP contribution in [-0.4, -0.2) is 17.6 Å². The Balaban J connectivity index is 1.56. The van der Waals surface area contributed by atoms with Crippen LogP contribution in [0.25, 0.3) is 0 Å². The number of hydrogen-bond donors (Lipinski definition) is 2. The first-order valence-corrected chi connectivity index (χ1v) is 9.54. The van der Waals surface area contributed by atoms with E-state index in [9.17, 15) is 9.59 Å². The zero-order valence-corrected chi connectivity index (χ0v) is 15.8. The molecule has 0 aliphatic heterocycles. The molecule has 0 heterocycles. The van der Waals surface area contributed by atoms with Gasteiger partial charge >= 0.3 is 0 Å². The van der Waals surface area contributed by atoms with Gasteiger partial charge in [0.1, 0.15) is 0 Å². The monoisotopic (exact) mass is 376 g/mol. The van der Waals surface area contributed by atoms with Gasteiger partial charge in [-0.05, 0) is 49.4 Å². The first-order chi connectivity index (χ1) is 13.1. The Bertz CT molecular complexity index is 925. The lowest BCUT2D eigenvalue weighted by Gasteiger charge is -2.08. The molecule has 0 aliphatic rings. The third-order valence-electron chi connectivity index (χ3n) is 3.83. The highest BCUT2D eigenvalue weighted by Crippen LogP contribution is 2.22. The van der Waals surface area contributed by atoms with Crippen LogP contribution < -0.4 is 10.6 Å². The van der Waals surface area contributed by atoms with Crippen molar-refractivity contribution in [3.8, 4) is 0 Å². The Labute approximate surface area is 163 Å². The van der Waals surface area contributed by atoms with E-state index in [1.807, 2.05) is 73.7 Å². The van der Waals surface area contributed by atoms with Crippen molar-refractivity contribution in [3.63, 3.8) is 0 Å². The van der Waals surface area contributed by atoms with Crippen molar-refractivity contribution in [1.29, 1.82) is 0 Å². The molecule has 3 aromatic rings. The summed E-state index contributed by atoms with van der Waals surface area (Å²) in [6.45, 7) is 1.98. The lowest BCUT2D eigenvalue weighted by atomic mass is 10.1. The number of thioether (sulfide) groups is 1. The van der Waals surface area contributed by atoms with Gasteiger partial charge in [0.25, 0.3) is 5.91 Å². The maximum Gasteiger partial charge on any atom is 0.255 e. The fourth-order valence-electron chi connectivity index (χ4n) is 2.44. The van der Waals surface area contributed by atoms with E-state index in [1.165, 1.54) is 11.8 Å². The van der Waals surface area contributed by atoms with Crippen molar-refractivity contribution in [2.45, 2.75) is 11.8 Å². The topological polar surface area (TPSA) is 58.2 Å². The van der Waals surface area contributed by atoms with E-state index in [0.717, 1.165) is 16.1 Å². The third-order valence-corrected chi connectivity index (χ3v) is 4.83. The van der Waals surface area contributed by atoms with Gasteiger partial charge < -0.3 is 10.6 Å². The number of carbonyl (C=O) groups is 2. The van der Waals surface area contributed by atoms with Crippen LogP contribution in [-0.2, 0) is 4.79 Å². The van der Waals surface area contributed by atoms with E-state index in [4.69, 9.17) is 0 Å². The van der Waals surface area contributed by atoms with Crippen molar-refractivity contribution in [1.82, 2.24) is 0 Å². The minimum atomic E-state index is -0.154. The van der Waals surface area contributed by atoms with Crippen molar-refractivity contribution in [3.05, 3.63) is 90.0 Å². The van der Waals surface area contributed by atoms with Crippen LogP contribution in [0.15, 0.2) is 83.8 Å². The molecule has 3 aromatic carbocycles. The molecule has 3 rings (SSSR count). The first kappa shape index (κ1) is 18.7. The Hall–Kier alpha value is -3.05. The van der Waals surface area contributed by atoms with E-state index in [1.54, 1.807) is 12.1 Å². The van der Waals surface area contributed by atoms with Crippen molar-refractivity contribution in [2.75, 3.05) is 16.4 Å². The van der Waals surface area contributed by atoms with Gasteiger partial charge in [-0.15, -0.1) is 11.8 Å². The number of para-hydroxylation sites is 1. The van der Waals surface area contributed by atoms with Gasteiger partial charge in [0.05, 0.1) is 5.75 Å². The van der Waals surface area contributed by atoms with Crippen LogP contribution in [0.1, 0.15) is 15.9 Å². The molecule has 136 valence electrons. The van der Waals surface area contributed by atoms with Crippen LogP contribution in [0, 0.1) is 6.92 Å². The molecule has 0 spiro atoms. The zero-order valence-electron chi connectivity index (χ0n) is 14.9. The molecule has 0 fully saturated rings. The van der Waals surface area contributed by atoms with Crippen LogP contribution in [0.3, 0.4) is 0 Å². The number of nitrogens with one attached hydrogen (secondary N) is 2. The Morgan fingerprint density at radius 1 is 0.815 bits per heavy atom. The molecule has 27 heavy (non-hydrogen) atoms. The summed E-state index contributed by atoms with van der Waals surface area (Å²) in [4.78, 5) is 25.3. The largest absolute Gasteiger partial charge is 0.325 e. The van der Waals surface area contributed by atoms with E-state index >= 15 is 0 Å². The van der Waals surface area contributed by atoms with Crippen molar-refractivity contribution >= 4 is 35.0 Å². The second-order valence-electron chi connectivity index (χ2n) is 6.05. The van der Waals surface area contributed by atoms with Gasteiger partial charge in [0.2, 0.25) is 5.91 Å². The number of aryl methyl sites for hydroxylation is 1. The van der Waals surface area contributed by atoms with Gasteiger partial charge in [0, 0.05) is 21.8 Å². The predicted molar refractivity (Wildman–Crippen MR) is 111 cm³/mol. The van der Waals surface area contributed by atoms with Gasteiger partial charge in [-0.2, -0.15) is 0 Å². The number of rotatable bonds is 6. The number of hydrogen-bond acceptors (Lipinski definition) is 3. The number of carbonyl (C=O) groups excluding carboxylic acids is 2. The van der Waals surface area contributed by atoms with Crippen molar-refractivity contribution in [2.24, 2.45) is 0 Å². The predicted octanol–water partition coefficient (Wildman–Crippen LogP) is 4.98. The van der Waals surface area contributed by atoms with E-state index < -0.39 is 0 Å². The summed E-state index contributed by atoms with van der Waals surface area (Å²) in [5.74, 6) is 0.0730. The molecule has 2 amide bonds. The molecule has 0 aromatic heterocycles. The van der Waals surface area contributed by atoms with Crippen LogP contribution in [0.2, 0.25) is 0 Å². The van der Waals surface area contributed by atoms with Crippen LogP contribution in [0.4, 0.5) is 11.4 Å². The zero-order chi connectivity index (χ0) is 19.1. The highest BCUT2D eigenvalue weighted by Gasteiger charge is 2.07. The van der Waals surface area contributed by atoms with Gasteiger partial charge in [-0.3, -0.25) is 9.59 Å². The summed E-state index contributed by atoms with van der Waals surface area (Å²) >= 11 is 1.42. The molecule has 4 nitrogen and oxygen atoms in total. The number of anilines is 2. The molecule has 0 saturated heterocycles. The summed E-state index contributed by atoms with van der Waals surface area (Å²) in [6, 6.07) is 24.3. The minimum Gasteiger partial charge on any atom is -0.325 e. The lowest BCUT2D eigenvalue weighted by molar-refractivity contribution is -0.113. The van der Waals surface area contributed by atoms with E-state index in [2.05, 4.69) is 10.6 Å². The van der Waals surface area contributed by atoms with E-state index in [-0.39, 0.29) is 11.8 Å². The smallest absolute Gasteiger partial charge is 0.255 e. The summed E-state index contributed by atoms with van der Waals surface area (Å²) < 4.78 is 0. The normalized spacial score (nSPS) is 10.3. The fourth-order valence-corrected chi connectivity index (χ4v) is 3.19. The molecule has 2 N–H and O–H groups in total. The summed E-state index contributed by atoms with van der Waals surface area (Å²) in [5, 5.41) is 5.75. The molecule has 0 unspecified atom stereocenters. The quantitative estimate of drug-likeness (QED) is 0.597. The molecule has 0 bridgehead atoms. The summed E-state index contributed by atoms with van der Waals surface area (Å²) in [5.41, 5.74) is 3.20. The first-order valence-electron chi connectivity index (χ1n) is 8.56. The molecule has 0 radical (unpaired) electrons. The number of amides is 2. The average Bonchev–Trinajstić information content (AvgIpc) is 2.68.